The summed E-state index contributed by atoms with van der Waals surface area (Å²) in [4.78, 5) is 11.8. The molecule has 0 amide bonds. The molecule has 0 aliphatic rings. The topological polar surface area (TPSA) is 26.3 Å². The lowest BCUT2D eigenvalue weighted by Gasteiger charge is -2.24. The fraction of sp³-hybridized carbons (Fsp3) is 0.500. The molecule has 0 radical (unpaired) electrons. The third kappa shape index (κ3) is 7.13. The molecule has 0 unspecified atom stereocenters. The number of carbonyl (C=O) groups excluding carboxylic acids is 1. The van der Waals surface area contributed by atoms with Crippen LogP contribution in [0.1, 0.15) is 52.5 Å². The second kappa shape index (κ2) is 7.88. The Morgan fingerprint density at radius 2 is 1.90 bits per heavy atom. The highest BCUT2D eigenvalue weighted by atomic mass is 16.6. The van der Waals surface area contributed by atoms with Crippen LogP contribution in [0, 0.1) is 5.92 Å². The van der Waals surface area contributed by atoms with E-state index in [1.165, 1.54) is 12.5 Å². The van der Waals surface area contributed by atoms with Gasteiger partial charge in [0.2, 0.25) is 0 Å². The Balaban J connectivity index is 2.42. The summed E-state index contributed by atoms with van der Waals surface area (Å²) in [5.74, 6) is 0.419. The Hall–Kier alpha value is -1.57. The zero-order valence-corrected chi connectivity index (χ0v) is 13.1. The molecule has 0 aliphatic heterocycles. The van der Waals surface area contributed by atoms with Crippen molar-refractivity contribution in [3.63, 3.8) is 0 Å². The van der Waals surface area contributed by atoms with Gasteiger partial charge < -0.3 is 4.74 Å². The highest BCUT2D eigenvalue weighted by Crippen LogP contribution is 2.20. The summed E-state index contributed by atoms with van der Waals surface area (Å²) in [7, 11) is 0. The minimum atomic E-state index is -0.396. The maximum absolute atomic E-state index is 11.8. The first kappa shape index (κ1) is 16.5. The second-order valence-electron chi connectivity index (χ2n) is 6.21. The molecule has 1 aromatic carbocycles. The highest BCUT2D eigenvalue weighted by molar-refractivity contribution is 5.87. The lowest BCUT2D eigenvalue weighted by Crippen LogP contribution is -2.27. The van der Waals surface area contributed by atoms with Crippen molar-refractivity contribution in [2.75, 3.05) is 0 Å². The predicted molar refractivity (Wildman–Crippen MR) is 84.3 cm³/mol. The minimum Gasteiger partial charge on any atom is -0.457 e. The Morgan fingerprint density at radius 3 is 2.50 bits per heavy atom. The summed E-state index contributed by atoms with van der Waals surface area (Å²) in [6.07, 6.45) is 6.43. The molecule has 0 atom stereocenters. The maximum Gasteiger partial charge on any atom is 0.331 e. The lowest BCUT2D eigenvalue weighted by molar-refractivity contribution is -0.150. The number of benzene rings is 1. The molecule has 2 nitrogen and oxygen atoms in total. The van der Waals surface area contributed by atoms with Crippen LogP contribution in [0.25, 0.3) is 6.08 Å². The summed E-state index contributed by atoms with van der Waals surface area (Å²) in [5, 5.41) is 0. The monoisotopic (exact) mass is 274 g/mol. The zero-order chi connectivity index (χ0) is 15.0. The van der Waals surface area contributed by atoms with Gasteiger partial charge in [-0.2, -0.15) is 0 Å². The summed E-state index contributed by atoms with van der Waals surface area (Å²) in [6, 6.07) is 9.75. The number of hydrogen-bond acceptors (Lipinski definition) is 2. The third-order valence-electron chi connectivity index (χ3n) is 3.15. The standard InChI is InChI=1S/C18H26O2/c1-15(2)9-8-14-18(3,4)20-17(19)13-12-16-10-6-5-7-11-16/h5-7,10-13,15H,8-9,14H2,1-4H3. The smallest absolute Gasteiger partial charge is 0.331 e. The number of esters is 1. The van der Waals surface area contributed by atoms with Crippen molar-refractivity contribution in [3.8, 4) is 0 Å². The van der Waals surface area contributed by atoms with Crippen LogP contribution >= 0.6 is 0 Å². The molecule has 0 saturated heterocycles. The van der Waals surface area contributed by atoms with E-state index in [-0.39, 0.29) is 5.97 Å². The lowest BCUT2D eigenvalue weighted by atomic mass is 9.97. The second-order valence-corrected chi connectivity index (χ2v) is 6.21. The molecule has 0 aromatic heterocycles. The number of hydrogen-bond donors (Lipinski definition) is 0. The SMILES string of the molecule is CC(C)CCCC(C)(C)OC(=O)C=Cc1ccccc1. The zero-order valence-electron chi connectivity index (χ0n) is 13.1. The average molecular weight is 274 g/mol. The fourth-order valence-electron chi connectivity index (χ4n) is 2.02. The molecule has 0 fully saturated rings. The van der Waals surface area contributed by atoms with Crippen LogP contribution in [0.5, 0.6) is 0 Å². The van der Waals surface area contributed by atoms with Crippen LogP contribution in [0.2, 0.25) is 0 Å². The van der Waals surface area contributed by atoms with Crippen molar-refractivity contribution in [1.29, 1.82) is 0 Å². The van der Waals surface area contributed by atoms with Gasteiger partial charge in [-0.15, -0.1) is 0 Å². The van der Waals surface area contributed by atoms with Gasteiger partial charge in [0.1, 0.15) is 5.60 Å². The molecule has 110 valence electrons. The molecule has 0 spiro atoms. The van der Waals surface area contributed by atoms with Gasteiger partial charge in [0, 0.05) is 6.08 Å². The van der Waals surface area contributed by atoms with Gasteiger partial charge in [-0.1, -0.05) is 50.6 Å². The van der Waals surface area contributed by atoms with Gasteiger partial charge >= 0.3 is 5.97 Å². The van der Waals surface area contributed by atoms with Crippen molar-refractivity contribution < 1.29 is 9.53 Å². The molecule has 1 aromatic rings. The Kier molecular flexibility index (Phi) is 6.50. The van der Waals surface area contributed by atoms with Gasteiger partial charge in [-0.25, -0.2) is 4.79 Å². The van der Waals surface area contributed by atoms with E-state index >= 15 is 0 Å². The molecular formula is C18H26O2. The van der Waals surface area contributed by atoms with Gasteiger partial charge in [0.15, 0.2) is 0 Å². The first-order valence-corrected chi connectivity index (χ1v) is 7.35. The molecule has 0 N–H and O–H groups in total. The van der Waals surface area contributed by atoms with E-state index in [0.717, 1.165) is 18.4 Å². The van der Waals surface area contributed by atoms with E-state index in [9.17, 15) is 4.79 Å². The molecule has 0 bridgehead atoms. The molecule has 0 heterocycles. The van der Waals surface area contributed by atoms with E-state index in [0.29, 0.717) is 5.92 Å². The van der Waals surface area contributed by atoms with Crippen LogP contribution in [-0.4, -0.2) is 11.6 Å². The van der Waals surface area contributed by atoms with Gasteiger partial charge in [0.05, 0.1) is 0 Å². The summed E-state index contributed by atoms with van der Waals surface area (Å²) in [6.45, 7) is 8.37. The van der Waals surface area contributed by atoms with E-state index < -0.39 is 5.60 Å². The normalized spacial score (nSPS) is 12.1. The molecule has 1 rings (SSSR count). The molecular weight excluding hydrogens is 248 g/mol. The molecule has 2 heteroatoms. The van der Waals surface area contributed by atoms with Gasteiger partial charge in [-0.3, -0.25) is 0 Å². The minimum absolute atomic E-state index is 0.275. The van der Waals surface area contributed by atoms with Crippen LogP contribution in [0.4, 0.5) is 0 Å². The third-order valence-corrected chi connectivity index (χ3v) is 3.15. The van der Waals surface area contributed by atoms with Gasteiger partial charge in [0.25, 0.3) is 0 Å². The van der Waals surface area contributed by atoms with E-state index in [2.05, 4.69) is 13.8 Å². The number of carbonyl (C=O) groups is 1. The van der Waals surface area contributed by atoms with Crippen LogP contribution in [-0.2, 0) is 9.53 Å². The van der Waals surface area contributed by atoms with E-state index in [1.54, 1.807) is 6.08 Å². The van der Waals surface area contributed by atoms with E-state index in [1.807, 2.05) is 44.2 Å². The maximum atomic E-state index is 11.8. The average Bonchev–Trinajstić information content (AvgIpc) is 2.36. The Labute approximate surface area is 122 Å². The highest BCUT2D eigenvalue weighted by Gasteiger charge is 2.21. The van der Waals surface area contributed by atoms with Crippen molar-refractivity contribution in [3.05, 3.63) is 42.0 Å². The van der Waals surface area contributed by atoms with Gasteiger partial charge in [-0.05, 0) is 44.2 Å². The summed E-state index contributed by atoms with van der Waals surface area (Å²) >= 11 is 0. The first-order chi connectivity index (χ1) is 9.39. The first-order valence-electron chi connectivity index (χ1n) is 7.35. The number of rotatable bonds is 7. The quantitative estimate of drug-likeness (QED) is 0.525. The summed E-state index contributed by atoms with van der Waals surface area (Å²) in [5.41, 5.74) is 0.606. The predicted octanol–water partition coefficient (Wildman–Crippen LogP) is 4.85. The van der Waals surface area contributed by atoms with Crippen molar-refractivity contribution in [2.24, 2.45) is 5.92 Å². The molecule has 0 aliphatic carbocycles. The van der Waals surface area contributed by atoms with E-state index in [4.69, 9.17) is 4.74 Å². The van der Waals surface area contributed by atoms with Crippen molar-refractivity contribution in [2.45, 2.75) is 52.6 Å². The molecule has 0 saturated carbocycles. The fourth-order valence-corrected chi connectivity index (χ4v) is 2.02. The molecule has 20 heavy (non-hydrogen) atoms. The number of ether oxygens (including phenoxy) is 1. The van der Waals surface area contributed by atoms with Crippen LogP contribution in [0.3, 0.4) is 0 Å². The largest absolute Gasteiger partial charge is 0.457 e. The van der Waals surface area contributed by atoms with Crippen LogP contribution < -0.4 is 0 Å². The van der Waals surface area contributed by atoms with Crippen molar-refractivity contribution in [1.82, 2.24) is 0 Å². The summed E-state index contributed by atoms with van der Waals surface area (Å²) < 4.78 is 5.52. The Bertz CT molecular complexity index is 430. The Morgan fingerprint density at radius 1 is 1.25 bits per heavy atom. The van der Waals surface area contributed by atoms with Crippen LogP contribution in [0.15, 0.2) is 36.4 Å². The van der Waals surface area contributed by atoms with Crippen molar-refractivity contribution >= 4 is 12.0 Å².